The summed E-state index contributed by atoms with van der Waals surface area (Å²) >= 11 is 1.55. The van der Waals surface area contributed by atoms with Crippen molar-refractivity contribution in [2.45, 2.75) is 44.2 Å². The van der Waals surface area contributed by atoms with Crippen molar-refractivity contribution in [2.24, 2.45) is 0 Å². The molecule has 0 fully saturated rings. The zero-order valence-corrected chi connectivity index (χ0v) is 14.6. The second-order valence-corrected chi connectivity index (χ2v) is 7.16. The summed E-state index contributed by atoms with van der Waals surface area (Å²) in [5.41, 5.74) is 4.48. The number of hydrogen-bond donors (Lipinski definition) is 1. The van der Waals surface area contributed by atoms with E-state index in [1.165, 1.54) is 5.56 Å². The van der Waals surface area contributed by atoms with Crippen LogP contribution in [0.3, 0.4) is 0 Å². The molecule has 0 aliphatic rings. The Balaban J connectivity index is 2.43. The Bertz CT molecular complexity index is 635. The third-order valence-corrected chi connectivity index (χ3v) is 4.10. The Kier molecular flexibility index (Phi) is 5.59. The summed E-state index contributed by atoms with van der Waals surface area (Å²) in [6.45, 7) is 6.83. The number of thioether (sulfide) groups is 1. The largest absolute Gasteiger partial charge is 0.396 e. The Labute approximate surface area is 137 Å². The number of nitrogens with zero attached hydrogens (tertiary/aromatic N) is 2. The molecular weight excluding hydrogens is 292 g/mol. The first-order chi connectivity index (χ1) is 10.4. The first-order valence-corrected chi connectivity index (χ1v) is 8.80. The maximum Gasteiger partial charge on any atom is 0.188 e. The van der Waals surface area contributed by atoms with Gasteiger partial charge in [-0.1, -0.05) is 50.7 Å². The minimum Gasteiger partial charge on any atom is -0.396 e. The molecule has 0 bridgehead atoms. The molecule has 1 aromatic carbocycles. The summed E-state index contributed by atoms with van der Waals surface area (Å²) in [5.74, 6) is 0. The zero-order valence-electron chi connectivity index (χ0n) is 13.8. The number of aromatic nitrogens is 2. The zero-order chi connectivity index (χ0) is 16.2. The van der Waals surface area contributed by atoms with Gasteiger partial charge in [-0.25, -0.2) is 9.97 Å². The second kappa shape index (κ2) is 7.25. The van der Waals surface area contributed by atoms with Gasteiger partial charge < -0.3 is 5.11 Å². The van der Waals surface area contributed by atoms with Gasteiger partial charge in [0.05, 0.1) is 5.69 Å². The summed E-state index contributed by atoms with van der Waals surface area (Å²) in [6, 6.07) is 10.6. The van der Waals surface area contributed by atoms with Crippen LogP contribution in [-0.4, -0.2) is 27.9 Å². The highest BCUT2D eigenvalue weighted by atomic mass is 32.2. The van der Waals surface area contributed by atoms with Gasteiger partial charge in [-0.15, -0.1) is 0 Å². The first-order valence-electron chi connectivity index (χ1n) is 7.58. The molecule has 22 heavy (non-hydrogen) atoms. The van der Waals surface area contributed by atoms with Gasteiger partial charge in [0.2, 0.25) is 0 Å². The van der Waals surface area contributed by atoms with Crippen LogP contribution in [0, 0.1) is 0 Å². The summed E-state index contributed by atoms with van der Waals surface area (Å²) in [6.07, 6.45) is 3.49. The maximum atomic E-state index is 9.02. The molecule has 0 aliphatic carbocycles. The van der Waals surface area contributed by atoms with E-state index >= 15 is 0 Å². The minimum atomic E-state index is 0.116. The van der Waals surface area contributed by atoms with Crippen molar-refractivity contribution in [1.82, 2.24) is 9.97 Å². The van der Waals surface area contributed by atoms with E-state index in [1.807, 2.05) is 12.3 Å². The van der Waals surface area contributed by atoms with E-state index in [2.05, 4.69) is 55.0 Å². The Morgan fingerprint density at radius 1 is 1.14 bits per heavy atom. The van der Waals surface area contributed by atoms with Crippen molar-refractivity contribution in [2.75, 3.05) is 12.9 Å². The molecule has 4 heteroatoms. The molecule has 0 radical (unpaired) electrons. The average molecular weight is 316 g/mol. The number of rotatable bonds is 5. The predicted octanol–water partition coefficient (Wildman–Crippen LogP) is 4.09. The molecule has 0 saturated carbocycles. The standard InChI is InChI=1S/C18H24N2OS/c1-18(2,3)14-8-5-7-13(11-14)16-12-15(9-6-10-21)19-17(20-16)22-4/h5,7-8,11-12,21H,6,9-10H2,1-4H3. The lowest BCUT2D eigenvalue weighted by molar-refractivity contribution is 0.288. The van der Waals surface area contributed by atoms with Gasteiger partial charge in [-0.2, -0.15) is 0 Å². The van der Waals surface area contributed by atoms with Crippen molar-refractivity contribution in [1.29, 1.82) is 0 Å². The summed E-state index contributed by atoms with van der Waals surface area (Å²) < 4.78 is 0. The molecule has 1 N–H and O–H groups in total. The number of aliphatic hydroxyl groups excluding tert-OH is 1. The smallest absolute Gasteiger partial charge is 0.188 e. The van der Waals surface area contributed by atoms with Crippen LogP contribution in [0.15, 0.2) is 35.5 Å². The molecule has 2 rings (SSSR count). The lowest BCUT2D eigenvalue weighted by atomic mass is 9.86. The van der Waals surface area contributed by atoms with Gasteiger partial charge in [0.25, 0.3) is 0 Å². The fraction of sp³-hybridized carbons (Fsp3) is 0.444. The molecule has 1 aromatic heterocycles. The van der Waals surface area contributed by atoms with Crippen molar-refractivity contribution in [3.05, 3.63) is 41.6 Å². The Morgan fingerprint density at radius 3 is 2.55 bits per heavy atom. The highest BCUT2D eigenvalue weighted by Crippen LogP contribution is 2.28. The van der Waals surface area contributed by atoms with Gasteiger partial charge in [-0.05, 0) is 42.2 Å². The Morgan fingerprint density at radius 2 is 1.91 bits per heavy atom. The number of aliphatic hydroxyl groups is 1. The fourth-order valence-corrected chi connectivity index (χ4v) is 2.64. The summed E-state index contributed by atoms with van der Waals surface area (Å²) in [4.78, 5) is 9.17. The van der Waals surface area contributed by atoms with E-state index in [4.69, 9.17) is 5.11 Å². The molecule has 0 unspecified atom stereocenters. The minimum absolute atomic E-state index is 0.116. The van der Waals surface area contributed by atoms with E-state index in [1.54, 1.807) is 11.8 Å². The highest BCUT2D eigenvalue weighted by Gasteiger charge is 2.15. The predicted molar refractivity (Wildman–Crippen MR) is 93.4 cm³/mol. The quantitative estimate of drug-likeness (QED) is 0.666. The average Bonchev–Trinajstić information content (AvgIpc) is 2.52. The molecule has 0 saturated heterocycles. The van der Waals surface area contributed by atoms with Crippen LogP contribution in [-0.2, 0) is 11.8 Å². The maximum absolute atomic E-state index is 9.02. The van der Waals surface area contributed by atoms with E-state index in [-0.39, 0.29) is 12.0 Å². The van der Waals surface area contributed by atoms with E-state index in [9.17, 15) is 0 Å². The van der Waals surface area contributed by atoms with Gasteiger partial charge in [0.1, 0.15) is 0 Å². The van der Waals surface area contributed by atoms with E-state index in [0.29, 0.717) is 0 Å². The monoisotopic (exact) mass is 316 g/mol. The van der Waals surface area contributed by atoms with Crippen LogP contribution in [0.5, 0.6) is 0 Å². The molecule has 0 spiro atoms. The SMILES string of the molecule is CSc1nc(CCCO)cc(-c2cccc(C(C)(C)C)c2)n1. The molecule has 118 valence electrons. The molecule has 2 aromatic rings. The third kappa shape index (κ3) is 4.31. The third-order valence-electron chi connectivity index (χ3n) is 3.56. The first kappa shape index (κ1) is 17.0. The van der Waals surface area contributed by atoms with Crippen molar-refractivity contribution < 1.29 is 5.11 Å². The summed E-state index contributed by atoms with van der Waals surface area (Å²) in [7, 11) is 0. The molecular formula is C18H24N2OS. The van der Waals surface area contributed by atoms with Crippen LogP contribution in [0.2, 0.25) is 0 Å². The molecule has 0 atom stereocenters. The topological polar surface area (TPSA) is 46.0 Å². The molecule has 1 heterocycles. The van der Waals surface area contributed by atoms with E-state index in [0.717, 1.165) is 34.9 Å². The Hall–Kier alpha value is -1.39. The lowest BCUT2D eigenvalue weighted by Crippen LogP contribution is -2.10. The molecule has 0 aliphatic heterocycles. The van der Waals surface area contributed by atoms with Crippen LogP contribution in [0.4, 0.5) is 0 Å². The van der Waals surface area contributed by atoms with Crippen molar-refractivity contribution in [3.63, 3.8) is 0 Å². The van der Waals surface area contributed by atoms with Crippen molar-refractivity contribution in [3.8, 4) is 11.3 Å². The van der Waals surface area contributed by atoms with E-state index < -0.39 is 0 Å². The number of benzene rings is 1. The van der Waals surface area contributed by atoms with Gasteiger partial charge in [-0.3, -0.25) is 0 Å². The number of hydrogen-bond acceptors (Lipinski definition) is 4. The fourth-order valence-electron chi connectivity index (χ4n) is 2.25. The molecule has 0 amide bonds. The van der Waals surface area contributed by atoms with Crippen molar-refractivity contribution >= 4 is 11.8 Å². The van der Waals surface area contributed by atoms with Gasteiger partial charge >= 0.3 is 0 Å². The lowest BCUT2D eigenvalue weighted by Gasteiger charge is -2.19. The van der Waals surface area contributed by atoms with Gasteiger partial charge in [0, 0.05) is 17.9 Å². The van der Waals surface area contributed by atoms with Crippen LogP contribution < -0.4 is 0 Å². The van der Waals surface area contributed by atoms with Gasteiger partial charge in [0.15, 0.2) is 5.16 Å². The van der Waals surface area contributed by atoms with Crippen LogP contribution >= 0.6 is 11.8 Å². The normalized spacial score (nSPS) is 11.7. The number of aryl methyl sites for hydroxylation is 1. The van der Waals surface area contributed by atoms with Crippen LogP contribution in [0.25, 0.3) is 11.3 Å². The van der Waals surface area contributed by atoms with Crippen LogP contribution in [0.1, 0.15) is 38.4 Å². The second-order valence-electron chi connectivity index (χ2n) is 6.39. The highest BCUT2D eigenvalue weighted by molar-refractivity contribution is 7.98. The molecule has 3 nitrogen and oxygen atoms in total. The summed E-state index contributed by atoms with van der Waals surface area (Å²) in [5, 5.41) is 9.80.